The number of hydrogen-bond donors (Lipinski definition) is 0. The molecule has 0 bridgehead atoms. The van der Waals surface area contributed by atoms with Crippen molar-refractivity contribution in [1.82, 2.24) is 38.2 Å². The van der Waals surface area contributed by atoms with Crippen molar-refractivity contribution >= 4 is 131 Å². The van der Waals surface area contributed by atoms with Crippen molar-refractivity contribution in [2.45, 2.75) is 39.2 Å². The molecular formula is C98H66N8O2. The summed E-state index contributed by atoms with van der Waals surface area (Å²) in [6.45, 7) is 9.22. The second kappa shape index (κ2) is 23.5. The van der Waals surface area contributed by atoms with Crippen molar-refractivity contribution in [3.8, 4) is 73.0 Å². The Labute approximate surface area is 619 Å². The summed E-state index contributed by atoms with van der Waals surface area (Å²) in [5.74, 6) is 0. The molecule has 1 aliphatic rings. The van der Waals surface area contributed by atoms with E-state index in [2.05, 4.69) is 327 Å². The van der Waals surface area contributed by atoms with Gasteiger partial charge in [0.2, 0.25) is 0 Å². The van der Waals surface area contributed by atoms with E-state index in [1.54, 1.807) is 12.7 Å². The van der Waals surface area contributed by atoms with E-state index in [1.807, 2.05) is 48.5 Å². The van der Waals surface area contributed by atoms with Gasteiger partial charge < -0.3 is 27.1 Å². The fraction of sp³-hybridized carbons (Fsp3) is 0.0612. The normalized spacial score (nSPS) is 12.8. The number of benzene rings is 14. The highest BCUT2D eigenvalue weighted by Crippen LogP contribution is 2.50. The molecular weight excluding hydrogens is 1320 g/mol. The van der Waals surface area contributed by atoms with Crippen LogP contribution >= 0.6 is 0 Å². The van der Waals surface area contributed by atoms with Crippen molar-refractivity contribution < 1.29 is 8.83 Å². The van der Waals surface area contributed by atoms with Crippen molar-refractivity contribution in [1.29, 1.82) is 0 Å². The smallest absolute Gasteiger partial charge is 0.180 e. The summed E-state index contributed by atoms with van der Waals surface area (Å²) < 4.78 is 22.1. The van der Waals surface area contributed by atoms with Gasteiger partial charge in [0.1, 0.15) is 46.2 Å². The van der Waals surface area contributed by atoms with Crippen LogP contribution in [0.2, 0.25) is 0 Å². The first-order valence-corrected chi connectivity index (χ1v) is 37.0. The van der Waals surface area contributed by atoms with Gasteiger partial charge in [0.15, 0.2) is 11.2 Å². The first kappa shape index (κ1) is 61.5. The van der Waals surface area contributed by atoms with Gasteiger partial charge >= 0.3 is 0 Å². The third kappa shape index (κ3) is 9.19. The summed E-state index contributed by atoms with van der Waals surface area (Å²) in [4.78, 5) is 18.4. The Hall–Kier alpha value is -14.0. The van der Waals surface area contributed by atoms with Crippen molar-refractivity contribution in [3.05, 3.63) is 333 Å². The Bertz CT molecular complexity index is 7500. The number of rotatable bonds is 8. The monoisotopic (exact) mass is 1390 g/mol. The molecule has 0 amide bonds. The number of nitrogens with zero attached hydrogens (tertiary/aromatic N) is 8. The Morgan fingerprint density at radius 2 is 0.611 bits per heavy atom. The third-order valence-electron chi connectivity index (χ3n) is 22.8. The van der Waals surface area contributed by atoms with Crippen molar-refractivity contribution in [2.24, 2.45) is 0 Å². The van der Waals surface area contributed by atoms with Gasteiger partial charge in [-0.3, -0.25) is 0 Å². The molecule has 23 rings (SSSR count). The minimum Gasteiger partial charge on any atom is -0.452 e. The molecule has 0 radical (unpaired) electrons. The van der Waals surface area contributed by atoms with Gasteiger partial charge in [-0.05, 0) is 192 Å². The summed E-state index contributed by atoms with van der Waals surface area (Å²) in [5, 5.41) is 12.0. The summed E-state index contributed by atoms with van der Waals surface area (Å²) >= 11 is 0. The number of para-hydroxylation sites is 6. The molecule has 0 saturated carbocycles. The van der Waals surface area contributed by atoms with Crippen molar-refractivity contribution in [3.63, 3.8) is 0 Å². The summed E-state index contributed by atoms with van der Waals surface area (Å²) in [5.41, 5.74) is 31.5. The molecule has 0 fully saturated rings. The zero-order chi connectivity index (χ0) is 71.6. The molecule has 0 N–H and O–H groups in total. The molecule has 22 aromatic rings. The number of fused-ring (bicyclic) bond motifs is 21. The molecule has 8 aromatic heterocycles. The molecule has 1 aliphatic carbocycles. The minimum absolute atomic E-state index is 0.0696. The summed E-state index contributed by atoms with van der Waals surface area (Å²) in [7, 11) is 0. The number of furan rings is 2. The summed E-state index contributed by atoms with van der Waals surface area (Å²) in [6, 6.07) is 112. The van der Waals surface area contributed by atoms with E-state index in [-0.39, 0.29) is 5.41 Å². The molecule has 510 valence electrons. The maximum absolute atomic E-state index is 6.27. The lowest BCUT2D eigenvalue weighted by Crippen LogP contribution is -2.15. The maximum Gasteiger partial charge on any atom is 0.180 e. The highest BCUT2D eigenvalue weighted by atomic mass is 16.3. The maximum atomic E-state index is 6.27. The van der Waals surface area contributed by atoms with Crippen molar-refractivity contribution in [2.75, 3.05) is 0 Å². The molecule has 8 heterocycles. The van der Waals surface area contributed by atoms with Gasteiger partial charge in [0, 0.05) is 105 Å². The molecule has 10 heteroatoms. The lowest BCUT2D eigenvalue weighted by Gasteiger charge is -2.22. The Balaban J connectivity index is 0.000000137. The average molecular weight is 1390 g/mol. The molecule has 14 aromatic carbocycles. The Morgan fingerprint density at radius 3 is 1.07 bits per heavy atom. The lowest BCUT2D eigenvalue weighted by molar-refractivity contribution is 0.642. The molecule has 10 nitrogen and oxygen atoms in total. The molecule has 0 saturated heterocycles. The molecule has 0 unspecified atom stereocenters. The zero-order valence-electron chi connectivity index (χ0n) is 59.6. The van der Waals surface area contributed by atoms with Gasteiger partial charge in [0.05, 0.1) is 33.1 Å². The highest BCUT2D eigenvalue weighted by molar-refractivity contribution is 6.16. The van der Waals surface area contributed by atoms with E-state index in [4.69, 9.17) is 8.83 Å². The average Bonchev–Trinajstić information content (AvgIpc) is 1.57. The van der Waals surface area contributed by atoms with Gasteiger partial charge in [-0.1, -0.05) is 190 Å². The molecule has 0 aliphatic heterocycles. The largest absolute Gasteiger partial charge is 0.452 e. The van der Waals surface area contributed by atoms with Crippen LogP contribution in [0.1, 0.15) is 44.9 Å². The van der Waals surface area contributed by atoms with Crippen LogP contribution in [-0.4, -0.2) is 38.2 Å². The van der Waals surface area contributed by atoms with Crippen LogP contribution in [0.25, 0.3) is 204 Å². The molecule has 108 heavy (non-hydrogen) atoms. The number of hydrogen-bond acceptors (Lipinski definition) is 6. The zero-order valence-corrected chi connectivity index (χ0v) is 59.6. The Morgan fingerprint density at radius 1 is 0.278 bits per heavy atom. The van der Waals surface area contributed by atoms with E-state index in [0.717, 1.165) is 72.4 Å². The van der Waals surface area contributed by atoms with Crippen LogP contribution in [0.3, 0.4) is 0 Å². The second-order valence-corrected chi connectivity index (χ2v) is 29.5. The van der Waals surface area contributed by atoms with Gasteiger partial charge in [0.25, 0.3) is 0 Å². The van der Waals surface area contributed by atoms with E-state index in [1.165, 1.54) is 132 Å². The van der Waals surface area contributed by atoms with E-state index in [9.17, 15) is 0 Å². The SMILES string of the molecule is CC(C)n1c2ccccc2c2cc(-c3ccc4c(c3)c3ccccc3n4-c3ccc(-c4ncnc5c4oc4ccccc45)cc3)ccc21.CC1(C)c2ccccc2-c2ccc(-n3c4ccccc4c4cc(-c5ccc6c(c5)c5ccccc5n6-c5ccc(-c6ncnc7c6oc6ccccc67)cc5)ccc43)cc21. The quantitative estimate of drug-likeness (QED) is 0.150. The van der Waals surface area contributed by atoms with Crippen LogP contribution in [0.5, 0.6) is 0 Å². The fourth-order valence-corrected chi connectivity index (χ4v) is 17.9. The van der Waals surface area contributed by atoms with E-state index in [0.29, 0.717) is 17.2 Å². The minimum atomic E-state index is -0.0696. The summed E-state index contributed by atoms with van der Waals surface area (Å²) in [6.07, 6.45) is 3.25. The van der Waals surface area contributed by atoms with Gasteiger partial charge in [-0.25, -0.2) is 19.9 Å². The fourth-order valence-electron chi connectivity index (χ4n) is 17.9. The predicted molar refractivity (Wildman–Crippen MR) is 444 cm³/mol. The van der Waals surface area contributed by atoms with E-state index >= 15 is 0 Å². The number of aromatic nitrogens is 8. The van der Waals surface area contributed by atoms with Gasteiger partial charge in [-0.15, -0.1) is 0 Å². The third-order valence-corrected chi connectivity index (χ3v) is 22.8. The van der Waals surface area contributed by atoms with Crippen LogP contribution in [-0.2, 0) is 5.41 Å². The standard InChI is InChI=1S/C55H36N4O.C43H30N4O/c1-55(2)45-15-7-3-11-38(45)39-26-25-37(31-46(39)55)59-48-17-9-5-13-41(48)44-30-35(22-28-50(44)59)34-21-27-49-43(29-34)40-12-4-8-16-47(40)58(49)36-23-19-33(20-24-36)52-54-53(57-32-56-52)42-14-6-10-18-51(42)60-54;1-26(2)46-36-12-6-3-9-31(36)34-23-28(17-21-38(34)46)29-18-22-39-35(24-29)32-10-4-7-13-37(32)47(39)30-19-15-27(16-20-30)41-43-42(45-25-44-41)33-11-5-8-14-40(33)48-43/h3-32H,1-2H3;3-26H,1-2H3. The second-order valence-electron chi connectivity index (χ2n) is 29.5. The van der Waals surface area contributed by atoms with Crippen LogP contribution in [0, 0.1) is 0 Å². The van der Waals surface area contributed by atoms with E-state index < -0.39 is 0 Å². The lowest BCUT2D eigenvalue weighted by atomic mass is 9.82. The Kier molecular flexibility index (Phi) is 13.4. The van der Waals surface area contributed by atoms with Crippen LogP contribution < -0.4 is 0 Å². The molecule has 0 atom stereocenters. The topological polar surface area (TPSA) is 97.6 Å². The van der Waals surface area contributed by atoms with Crippen LogP contribution in [0.15, 0.2) is 331 Å². The van der Waals surface area contributed by atoms with Crippen LogP contribution in [0.4, 0.5) is 0 Å². The first-order valence-electron chi connectivity index (χ1n) is 37.0. The predicted octanol–water partition coefficient (Wildman–Crippen LogP) is 25.7. The first-order chi connectivity index (χ1) is 53.1. The molecule has 0 spiro atoms. The van der Waals surface area contributed by atoms with Gasteiger partial charge in [-0.2, -0.15) is 0 Å². The highest BCUT2D eigenvalue weighted by Gasteiger charge is 2.36.